The largest absolute Gasteiger partial charge is 0.462 e. The van der Waals surface area contributed by atoms with Crippen LogP contribution in [0, 0.1) is 0 Å². The van der Waals surface area contributed by atoms with Crippen molar-refractivity contribution in [1.29, 1.82) is 0 Å². The first-order valence-corrected chi connectivity index (χ1v) is 20.8. The van der Waals surface area contributed by atoms with Crippen molar-refractivity contribution in [2.75, 3.05) is 13.2 Å². The molecule has 0 saturated heterocycles. The Balaban J connectivity index is 4.55. The molecule has 0 rings (SSSR count). The molecule has 298 valence electrons. The molecule has 0 aliphatic carbocycles. The minimum absolute atomic E-state index is 0.119. The van der Waals surface area contributed by atoms with E-state index in [1.54, 1.807) is 0 Å². The smallest absolute Gasteiger partial charge is 0.306 e. The quantitative estimate of drug-likeness (QED) is 0.0212. The van der Waals surface area contributed by atoms with Crippen LogP contribution in [0.3, 0.4) is 0 Å². The summed E-state index contributed by atoms with van der Waals surface area (Å²) in [5, 5.41) is 0. The SMILES string of the molecule is CC\C=C/C=C\C=C/CCCCCCCC(=O)OCC(COC(=O)CCCCC/C=C\C=C/CCCC)OC(=O)CCC/C=C\C/C=C\C/C=C\CC. The average Bonchev–Trinajstić information content (AvgIpc) is 3.15. The Bertz CT molecular complexity index is 1120. The highest BCUT2D eigenvalue weighted by Crippen LogP contribution is 2.11. The van der Waals surface area contributed by atoms with E-state index >= 15 is 0 Å². The second-order valence-corrected chi connectivity index (χ2v) is 13.2. The molecule has 0 heterocycles. The van der Waals surface area contributed by atoms with Crippen molar-refractivity contribution in [2.45, 2.75) is 168 Å². The van der Waals surface area contributed by atoms with Gasteiger partial charge < -0.3 is 14.2 Å². The summed E-state index contributed by atoms with van der Waals surface area (Å²) in [6.07, 6.45) is 52.6. The standard InChI is InChI=1S/C47H74O6/c1-4-7-10-13-16-19-22-23-26-28-31-34-37-40-46(49)52-43-44(53-47(50)41-38-35-32-29-25-21-18-15-12-9-6-3)42-51-45(48)39-36-33-30-27-24-20-17-14-11-8-5-2/h7,9-10,12-14,16-22,24,29,32,44H,4-6,8,11,15,23,25-28,30-31,33-43H2,1-3H3/b10-7-,12-9-,16-13-,17-14-,21-18-,22-19-,24-20-,32-29-. The molecule has 6 nitrogen and oxygen atoms in total. The molecule has 0 aromatic heterocycles. The van der Waals surface area contributed by atoms with E-state index in [1.807, 2.05) is 6.08 Å². The van der Waals surface area contributed by atoms with Gasteiger partial charge in [-0.2, -0.15) is 0 Å². The maximum Gasteiger partial charge on any atom is 0.306 e. The van der Waals surface area contributed by atoms with Crippen molar-refractivity contribution in [3.05, 3.63) is 97.2 Å². The van der Waals surface area contributed by atoms with E-state index in [0.29, 0.717) is 19.3 Å². The molecule has 0 saturated carbocycles. The van der Waals surface area contributed by atoms with Crippen LogP contribution in [0.4, 0.5) is 0 Å². The topological polar surface area (TPSA) is 78.9 Å². The van der Waals surface area contributed by atoms with Crippen molar-refractivity contribution in [3.63, 3.8) is 0 Å². The normalized spacial score (nSPS) is 13.0. The van der Waals surface area contributed by atoms with Crippen LogP contribution in [0.15, 0.2) is 97.2 Å². The molecule has 1 unspecified atom stereocenters. The Labute approximate surface area is 324 Å². The molecule has 0 radical (unpaired) electrons. The molecular formula is C47H74O6. The van der Waals surface area contributed by atoms with E-state index in [1.165, 1.54) is 12.8 Å². The second kappa shape index (κ2) is 41.1. The van der Waals surface area contributed by atoms with Crippen molar-refractivity contribution in [1.82, 2.24) is 0 Å². The fourth-order valence-electron chi connectivity index (χ4n) is 5.03. The van der Waals surface area contributed by atoms with E-state index in [4.69, 9.17) is 14.2 Å². The fourth-order valence-corrected chi connectivity index (χ4v) is 5.03. The van der Waals surface area contributed by atoms with Crippen LogP contribution in [0.2, 0.25) is 0 Å². The highest BCUT2D eigenvalue weighted by Gasteiger charge is 2.19. The van der Waals surface area contributed by atoms with Crippen molar-refractivity contribution < 1.29 is 28.6 Å². The monoisotopic (exact) mass is 735 g/mol. The van der Waals surface area contributed by atoms with E-state index in [9.17, 15) is 14.4 Å². The summed E-state index contributed by atoms with van der Waals surface area (Å²) in [5.41, 5.74) is 0. The van der Waals surface area contributed by atoms with Gasteiger partial charge in [0.2, 0.25) is 0 Å². The summed E-state index contributed by atoms with van der Waals surface area (Å²) in [6, 6.07) is 0. The molecule has 0 aliphatic heterocycles. The van der Waals surface area contributed by atoms with Gasteiger partial charge in [0.15, 0.2) is 6.10 Å². The predicted molar refractivity (Wildman–Crippen MR) is 224 cm³/mol. The van der Waals surface area contributed by atoms with Crippen LogP contribution in [-0.2, 0) is 28.6 Å². The first-order valence-electron chi connectivity index (χ1n) is 20.8. The number of rotatable bonds is 35. The van der Waals surface area contributed by atoms with Gasteiger partial charge in [0.05, 0.1) is 0 Å². The molecule has 0 aromatic carbocycles. The zero-order valence-electron chi connectivity index (χ0n) is 33.7. The number of unbranched alkanes of at least 4 members (excludes halogenated alkanes) is 11. The summed E-state index contributed by atoms with van der Waals surface area (Å²) in [6.45, 7) is 6.20. The predicted octanol–water partition coefficient (Wildman–Crippen LogP) is 13.1. The van der Waals surface area contributed by atoms with Crippen molar-refractivity contribution in [2.24, 2.45) is 0 Å². The summed E-state index contributed by atoms with van der Waals surface area (Å²) in [4.78, 5) is 37.5. The van der Waals surface area contributed by atoms with Crippen molar-refractivity contribution >= 4 is 17.9 Å². The Kier molecular flexibility index (Phi) is 38.2. The maximum atomic E-state index is 12.6. The van der Waals surface area contributed by atoms with Gasteiger partial charge in [-0.25, -0.2) is 0 Å². The lowest BCUT2D eigenvalue weighted by Crippen LogP contribution is -2.30. The van der Waals surface area contributed by atoms with Crippen LogP contribution in [0.25, 0.3) is 0 Å². The summed E-state index contributed by atoms with van der Waals surface area (Å²) in [7, 11) is 0. The molecule has 0 aliphatic rings. The Morgan fingerprint density at radius 1 is 0.415 bits per heavy atom. The van der Waals surface area contributed by atoms with Crippen molar-refractivity contribution in [3.8, 4) is 0 Å². The molecular weight excluding hydrogens is 661 g/mol. The van der Waals surface area contributed by atoms with Crippen LogP contribution < -0.4 is 0 Å². The Hall–Kier alpha value is -3.67. The average molecular weight is 735 g/mol. The van der Waals surface area contributed by atoms with E-state index in [2.05, 4.69) is 112 Å². The third-order valence-electron chi connectivity index (χ3n) is 8.14. The number of ether oxygens (including phenoxy) is 3. The second-order valence-electron chi connectivity index (χ2n) is 13.2. The minimum atomic E-state index is -0.820. The number of carbonyl (C=O) groups is 3. The number of esters is 3. The number of hydrogen-bond acceptors (Lipinski definition) is 6. The number of hydrogen-bond donors (Lipinski definition) is 0. The van der Waals surface area contributed by atoms with Gasteiger partial charge >= 0.3 is 17.9 Å². The molecule has 0 N–H and O–H groups in total. The summed E-state index contributed by atoms with van der Waals surface area (Å²) in [5.74, 6) is -1.04. The van der Waals surface area contributed by atoms with Crippen LogP contribution in [-0.4, -0.2) is 37.2 Å². The Morgan fingerprint density at radius 3 is 1.43 bits per heavy atom. The fraction of sp³-hybridized carbons (Fsp3) is 0.596. The highest BCUT2D eigenvalue weighted by molar-refractivity contribution is 5.71. The van der Waals surface area contributed by atoms with Crippen LogP contribution in [0.5, 0.6) is 0 Å². The maximum absolute atomic E-state index is 12.6. The Morgan fingerprint density at radius 2 is 0.849 bits per heavy atom. The van der Waals surface area contributed by atoms with E-state index in [-0.39, 0.29) is 37.5 Å². The van der Waals surface area contributed by atoms with Gasteiger partial charge in [-0.15, -0.1) is 0 Å². The lowest BCUT2D eigenvalue weighted by atomic mass is 10.1. The third-order valence-corrected chi connectivity index (χ3v) is 8.14. The third kappa shape index (κ3) is 39.4. The lowest BCUT2D eigenvalue weighted by molar-refractivity contribution is -0.167. The van der Waals surface area contributed by atoms with Crippen LogP contribution in [0.1, 0.15) is 162 Å². The first-order chi connectivity index (χ1) is 26.0. The van der Waals surface area contributed by atoms with Gasteiger partial charge in [0, 0.05) is 19.3 Å². The zero-order valence-corrected chi connectivity index (χ0v) is 33.7. The molecule has 0 aromatic rings. The highest BCUT2D eigenvalue weighted by atomic mass is 16.6. The molecule has 0 spiro atoms. The van der Waals surface area contributed by atoms with E-state index < -0.39 is 6.10 Å². The number of allylic oxidation sites excluding steroid dienone is 16. The van der Waals surface area contributed by atoms with Gasteiger partial charge in [0.25, 0.3) is 0 Å². The summed E-state index contributed by atoms with van der Waals surface area (Å²) >= 11 is 0. The number of carbonyl (C=O) groups excluding carboxylic acids is 3. The molecule has 0 fully saturated rings. The van der Waals surface area contributed by atoms with Gasteiger partial charge in [-0.3, -0.25) is 14.4 Å². The van der Waals surface area contributed by atoms with E-state index in [0.717, 1.165) is 103 Å². The molecule has 6 heteroatoms. The van der Waals surface area contributed by atoms with Gasteiger partial charge in [0.1, 0.15) is 13.2 Å². The molecule has 0 amide bonds. The zero-order chi connectivity index (χ0) is 38.7. The first kappa shape index (κ1) is 49.3. The minimum Gasteiger partial charge on any atom is -0.462 e. The van der Waals surface area contributed by atoms with Gasteiger partial charge in [-0.1, -0.05) is 157 Å². The molecule has 0 bridgehead atoms. The van der Waals surface area contributed by atoms with Crippen LogP contribution >= 0.6 is 0 Å². The summed E-state index contributed by atoms with van der Waals surface area (Å²) < 4.78 is 16.5. The molecule has 53 heavy (non-hydrogen) atoms. The van der Waals surface area contributed by atoms with Gasteiger partial charge in [-0.05, 0) is 83.5 Å². The molecule has 1 atom stereocenters. The lowest BCUT2D eigenvalue weighted by Gasteiger charge is -2.18.